The third-order valence-electron chi connectivity index (χ3n) is 8.14. The van der Waals surface area contributed by atoms with Crippen LogP contribution in [-0.4, -0.2) is 58.1 Å². The Morgan fingerprint density at radius 2 is 1.87 bits per heavy atom. The number of sulfonamides is 1. The van der Waals surface area contributed by atoms with Crippen LogP contribution in [-0.2, 0) is 28.8 Å². The van der Waals surface area contributed by atoms with Gasteiger partial charge in [-0.05, 0) is 42.6 Å². The summed E-state index contributed by atoms with van der Waals surface area (Å²) in [6, 6.07) is 10.7. The summed E-state index contributed by atoms with van der Waals surface area (Å²) in [7, 11) is -6.01. The molecule has 2 aromatic rings. The van der Waals surface area contributed by atoms with Crippen molar-refractivity contribution in [2.24, 2.45) is 5.92 Å². The van der Waals surface area contributed by atoms with E-state index in [1.165, 1.54) is 27.0 Å². The molecule has 0 aromatic heterocycles. The van der Waals surface area contributed by atoms with E-state index < -0.39 is 30.2 Å². The molecule has 1 amide bonds. The third-order valence-corrected chi connectivity index (χ3v) is 15.9. The normalized spacial score (nSPS) is 22.7. The summed E-state index contributed by atoms with van der Waals surface area (Å²) >= 11 is 1.35. The molecular weight excluding hydrogens is 553 g/mol. The third kappa shape index (κ3) is 4.34. The zero-order chi connectivity index (χ0) is 28.5. The van der Waals surface area contributed by atoms with Crippen LogP contribution in [0.15, 0.2) is 64.6 Å². The molecule has 1 fully saturated rings. The fraction of sp³-hybridized carbons (Fsp3) is 0.429. The molecule has 11 heteroatoms. The van der Waals surface area contributed by atoms with Gasteiger partial charge < -0.3 is 9.16 Å². The van der Waals surface area contributed by atoms with Gasteiger partial charge in [0.15, 0.2) is 8.32 Å². The van der Waals surface area contributed by atoms with Gasteiger partial charge in [0.1, 0.15) is 17.7 Å². The summed E-state index contributed by atoms with van der Waals surface area (Å²) in [6.45, 7) is 16.1. The number of ether oxygens (including phenoxy) is 1. The van der Waals surface area contributed by atoms with Crippen LogP contribution in [0.25, 0.3) is 10.8 Å². The van der Waals surface area contributed by atoms with Gasteiger partial charge in [-0.2, -0.15) is 0 Å². The van der Waals surface area contributed by atoms with E-state index in [-0.39, 0.29) is 46.2 Å². The minimum Gasteiger partial charge on any atom is -0.457 e. The van der Waals surface area contributed by atoms with Gasteiger partial charge in [0.05, 0.1) is 29.1 Å². The molecule has 0 N–H and O–H groups in total. The predicted molar refractivity (Wildman–Crippen MR) is 156 cm³/mol. The molecular formula is C28H34N2O6S2Si. The molecule has 3 atom stereocenters. The molecule has 0 saturated carbocycles. The van der Waals surface area contributed by atoms with E-state index in [0.29, 0.717) is 16.0 Å². The minimum absolute atomic E-state index is 0.0198. The average Bonchev–Trinajstić information content (AvgIpc) is 3.28. The minimum atomic E-state index is -3.86. The van der Waals surface area contributed by atoms with Crippen LogP contribution < -0.4 is 4.31 Å². The first-order valence-corrected chi connectivity index (χ1v) is 18.2. The molecule has 3 aliphatic heterocycles. The Balaban J connectivity index is 1.48. The fourth-order valence-electron chi connectivity index (χ4n) is 5.12. The van der Waals surface area contributed by atoms with Crippen LogP contribution in [0.4, 0.5) is 5.69 Å². The van der Waals surface area contributed by atoms with E-state index in [0.717, 1.165) is 5.39 Å². The number of thioether (sulfide) groups is 1. The second-order valence-corrected chi connectivity index (χ2v) is 19.4. The van der Waals surface area contributed by atoms with Crippen LogP contribution in [0.3, 0.4) is 0 Å². The monoisotopic (exact) mass is 586 g/mol. The lowest BCUT2D eigenvalue weighted by molar-refractivity contribution is -0.157. The molecule has 3 heterocycles. The quantitative estimate of drug-likeness (QED) is 0.181. The lowest BCUT2D eigenvalue weighted by atomic mass is 9.92. The van der Waals surface area contributed by atoms with Crippen molar-refractivity contribution >= 4 is 58.4 Å². The number of esters is 1. The zero-order valence-corrected chi connectivity index (χ0v) is 25.7. The van der Waals surface area contributed by atoms with Gasteiger partial charge in [0.25, 0.3) is 10.0 Å². The Morgan fingerprint density at radius 1 is 1.21 bits per heavy atom. The van der Waals surface area contributed by atoms with Crippen molar-refractivity contribution in [3.05, 3.63) is 59.7 Å². The van der Waals surface area contributed by atoms with Gasteiger partial charge >= 0.3 is 5.97 Å². The maximum absolute atomic E-state index is 13.6. The van der Waals surface area contributed by atoms with E-state index >= 15 is 0 Å². The number of nitrogens with zero attached hydrogens (tertiary/aromatic N) is 2. The molecule has 0 radical (unpaired) electrons. The topological polar surface area (TPSA) is 93.2 Å². The molecule has 39 heavy (non-hydrogen) atoms. The van der Waals surface area contributed by atoms with E-state index in [2.05, 4.69) is 40.4 Å². The van der Waals surface area contributed by atoms with Crippen LogP contribution in [0.5, 0.6) is 0 Å². The number of anilines is 1. The van der Waals surface area contributed by atoms with E-state index in [1.807, 2.05) is 25.1 Å². The predicted octanol–water partition coefficient (Wildman–Crippen LogP) is 5.23. The van der Waals surface area contributed by atoms with Crippen molar-refractivity contribution < 1.29 is 27.2 Å². The second-order valence-electron chi connectivity index (χ2n) is 11.6. The highest BCUT2D eigenvalue weighted by atomic mass is 32.2. The smallest absolute Gasteiger partial charge is 0.356 e. The van der Waals surface area contributed by atoms with Crippen molar-refractivity contribution in [2.45, 2.75) is 62.2 Å². The average molecular weight is 587 g/mol. The number of fused-ring (bicyclic) bond motifs is 1. The van der Waals surface area contributed by atoms with Crippen molar-refractivity contribution in [3.63, 3.8) is 0 Å². The Kier molecular flexibility index (Phi) is 6.81. The van der Waals surface area contributed by atoms with Gasteiger partial charge in [-0.15, -0.1) is 0 Å². The summed E-state index contributed by atoms with van der Waals surface area (Å²) in [6.07, 6.45) is 1.10. The van der Waals surface area contributed by atoms with Crippen molar-refractivity contribution in [1.29, 1.82) is 0 Å². The number of β-lactam (4-membered cyclic amide) rings is 1. The van der Waals surface area contributed by atoms with Gasteiger partial charge in [-0.1, -0.05) is 69.5 Å². The van der Waals surface area contributed by atoms with Gasteiger partial charge in [0, 0.05) is 10.3 Å². The van der Waals surface area contributed by atoms with Crippen LogP contribution >= 0.6 is 11.8 Å². The highest BCUT2D eigenvalue weighted by molar-refractivity contribution is 8.04. The number of amides is 1. The molecule has 0 spiro atoms. The van der Waals surface area contributed by atoms with Gasteiger partial charge in [-0.3, -0.25) is 14.0 Å². The lowest BCUT2D eigenvalue weighted by Gasteiger charge is -2.48. The van der Waals surface area contributed by atoms with Crippen molar-refractivity contribution in [2.75, 3.05) is 17.5 Å². The van der Waals surface area contributed by atoms with Gasteiger partial charge in [0.2, 0.25) is 5.91 Å². The first-order valence-electron chi connectivity index (χ1n) is 12.9. The fourth-order valence-corrected chi connectivity index (χ4v) is 9.90. The van der Waals surface area contributed by atoms with Crippen LogP contribution in [0.2, 0.25) is 18.1 Å². The molecule has 3 aliphatic rings. The summed E-state index contributed by atoms with van der Waals surface area (Å²) in [5, 5.41) is 1.08. The maximum atomic E-state index is 13.6. The summed E-state index contributed by atoms with van der Waals surface area (Å²) < 4.78 is 40.5. The first kappa shape index (κ1) is 27.9. The van der Waals surface area contributed by atoms with Crippen LogP contribution in [0, 0.1) is 5.92 Å². The largest absolute Gasteiger partial charge is 0.457 e. The number of hydrogen-bond acceptors (Lipinski definition) is 7. The number of carbonyl (C=O) groups excluding carboxylic acids is 2. The molecule has 5 rings (SSSR count). The Labute approximate surface area is 235 Å². The molecule has 2 unspecified atom stereocenters. The Bertz CT molecular complexity index is 1520. The summed E-state index contributed by atoms with van der Waals surface area (Å²) in [4.78, 5) is 28.9. The molecule has 8 nitrogen and oxygen atoms in total. The number of benzene rings is 2. The second kappa shape index (κ2) is 9.50. The molecule has 0 bridgehead atoms. The first-order chi connectivity index (χ1) is 18.2. The maximum Gasteiger partial charge on any atom is 0.356 e. The molecule has 1 saturated heterocycles. The molecule has 0 aliphatic carbocycles. The van der Waals surface area contributed by atoms with Crippen molar-refractivity contribution in [1.82, 2.24) is 4.90 Å². The SMILES string of the molecule is C=CCOC(=O)C1=C(CN2c3cccc4cccc(c34)S2(=O)=O)SC2C([C@H](C)O[Si](C)(C)C(C)(C)C)C(=O)N12. The Hall–Kier alpha value is -2.60. The highest BCUT2D eigenvalue weighted by Gasteiger charge is 2.59. The number of hydrogen-bond donors (Lipinski definition) is 0. The standard InChI is InChI=1S/C28H34N2O6S2Si/c1-8-15-35-27(32)24-20(16-29-19-13-9-11-18-12-10-14-21(23(18)19)38(29,33)34)37-26-22(25(31)30(24)26)17(2)36-39(6,7)28(3,4)5/h8-14,17,22,26H,1,15-16H2,2-7H3/t17-,22?,26?/m0/s1. The molecule has 2 aromatic carbocycles. The van der Waals surface area contributed by atoms with E-state index in [4.69, 9.17) is 9.16 Å². The zero-order valence-electron chi connectivity index (χ0n) is 23.1. The Morgan fingerprint density at radius 3 is 2.51 bits per heavy atom. The molecule has 208 valence electrons. The van der Waals surface area contributed by atoms with E-state index in [1.54, 1.807) is 18.2 Å². The van der Waals surface area contributed by atoms with E-state index in [9.17, 15) is 18.0 Å². The highest BCUT2D eigenvalue weighted by Crippen LogP contribution is 2.53. The lowest BCUT2D eigenvalue weighted by Crippen LogP contribution is -2.62. The summed E-state index contributed by atoms with van der Waals surface area (Å²) in [5.74, 6) is -1.34. The van der Waals surface area contributed by atoms with Crippen LogP contribution in [0.1, 0.15) is 27.7 Å². The number of rotatable bonds is 8. The van der Waals surface area contributed by atoms with Gasteiger partial charge in [-0.25, -0.2) is 13.2 Å². The number of carbonyl (C=O) groups is 2. The van der Waals surface area contributed by atoms with Crippen molar-refractivity contribution in [3.8, 4) is 0 Å². The summed E-state index contributed by atoms with van der Waals surface area (Å²) in [5.41, 5.74) is 0.660.